The summed E-state index contributed by atoms with van der Waals surface area (Å²) in [6.07, 6.45) is 0.939. The molecule has 0 saturated carbocycles. The molecule has 1 atom stereocenters. The van der Waals surface area contributed by atoms with Gasteiger partial charge in [-0.1, -0.05) is 41.1 Å². The van der Waals surface area contributed by atoms with Gasteiger partial charge >= 0.3 is 0 Å². The molecular formula is C15H19BrN2S. The van der Waals surface area contributed by atoms with E-state index >= 15 is 0 Å². The predicted molar refractivity (Wildman–Crippen MR) is 85.9 cm³/mol. The van der Waals surface area contributed by atoms with Crippen molar-refractivity contribution < 1.29 is 0 Å². The molecule has 102 valence electrons. The maximum absolute atomic E-state index is 4.57. The Hall–Kier alpha value is -0.710. The number of likely N-dealkylation sites (N-methyl/N-ethyl adjacent to an activating group) is 1. The third kappa shape index (κ3) is 3.65. The van der Waals surface area contributed by atoms with Crippen molar-refractivity contribution in [3.05, 3.63) is 49.9 Å². The first kappa shape index (κ1) is 14.7. The van der Waals surface area contributed by atoms with E-state index in [1.807, 2.05) is 6.92 Å². The second-order valence-corrected chi connectivity index (χ2v) is 6.41. The fourth-order valence-electron chi connectivity index (χ4n) is 2.15. The van der Waals surface area contributed by atoms with Crippen LogP contribution in [-0.4, -0.2) is 11.5 Å². The summed E-state index contributed by atoms with van der Waals surface area (Å²) in [7, 11) is 0. The predicted octanol–water partition coefficient (Wildman–Crippen LogP) is 4.42. The van der Waals surface area contributed by atoms with Crippen LogP contribution in [0.25, 0.3) is 0 Å². The fraction of sp³-hybridized carbons (Fsp3) is 0.400. The molecule has 0 saturated heterocycles. The molecule has 4 heteroatoms. The maximum Gasteiger partial charge on any atom is 0.0947 e. The van der Waals surface area contributed by atoms with Crippen LogP contribution in [0.5, 0.6) is 0 Å². The quantitative estimate of drug-likeness (QED) is 0.872. The Morgan fingerprint density at radius 1 is 1.37 bits per heavy atom. The molecule has 0 radical (unpaired) electrons. The number of aryl methyl sites for hydroxylation is 2. The third-order valence-electron chi connectivity index (χ3n) is 3.09. The second kappa shape index (κ2) is 6.64. The molecule has 2 aromatic rings. The number of halogens is 1. The highest BCUT2D eigenvalue weighted by Gasteiger charge is 2.16. The largest absolute Gasteiger partial charge is 0.310 e. The molecule has 2 nitrogen and oxygen atoms in total. The molecule has 1 aromatic heterocycles. The van der Waals surface area contributed by atoms with Crippen molar-refractivity contribution in [3.8, 4) is 0 Å². The lowest BCUT2D eigenvalue weighted by atomic mass is 10.0. The van der Waals surface area contributed by atoms with Crippen LogP contribution in [0.4, 0.5) is 0 Å². The number of rotatable bonds is 5. The van der Waals surface area contributed by atoms with Gasteiger partial charge < -0.3 is 5.32 Å². The maximum atomic E-state index is 4.57. The van der Waals surface area contributed by atoms with Crippen molar-refractivity contribution in [2.45, 2.75) is 33.2 Å². The van der Waals surface area contributed by atoms with Gasteiger partial charge in [0.1, 0.15) is 0 Å². The van der Waals surface area contributed by atoms with E-state index in [2.05, 4.69) is 63.7 Å². The highest BCUT2D eigenvalue weighted by molar-refractivity contribution is 9.10. The van der Waals surface area contributed by atoms with E-state index in [4.69, 9.17) is 0 Å². The van der Waals surface area contributed by atoms with Crippen LogP contribution in [0.1, 0.15) is 34.8 Å². The summed E-state index contributed by atoms with van der Waals surface area (Å²) in [4.78, 5) is 4.57. The van der Waals surface area contributed by atoms with E-state index in [-0.39, 0.29) is 0 Å². The minimum absolute atomic E-state index is 0.310. The van der Waals surface area contributed by atoms with E-state index in [0.29, 0.717) is 6.04 Å². The zero-order chi connectivity index (χ0) is 13.8. The first-order valence-corrected chi connectivity index (χ1v) is 8.18. The number of aromatic nitrogens is 1. The highest BCUT2D eigenvalue weighted by Crippen LogP contribution is 2.29. The number of thiazole rings is 1. The van der Waals surface area contributed by atoms with E-state index in [1.165, 1.54) is 20.6 Å². The number of hydrogen-bond donors (Lipinski definition) is 1. The van der Waals surface area contributed by atoms with Crippen molar-refractivity contribution in [3.63, 3.8) is 0 Å². The molecule has 0 fully saturated rings. The van der Waals surface area contributed by atoms with Crippen molar-refractivity contribution >= 4 is 27.3 Å². The molecule has 0 bridgehead atoms. The Labute approximate surface area is 127 Å². The minimum atomic E-state index is 0.310. The summed E-state index contributed by atoms with van der Waals surface area (Å²) in [6.45, 7) is 7.27. The second-order valence-electron chi connectivity index (χ2n) is 4.68. The molecule has 0 aliphatic heterocycles. The summed E-state index contributed by atoms with van der Waals surface area (Å²) >= 11 is 5.45. The highest BCUT2D eigenvalue weighted by atomic mass is 79.9. The molecule has 1 N–H and O–H groups in total. The SMILES string of the molecule is CCNC(Cc1nc(C)cs1)c1cccc(C)c1Br. The van der Waals surface area contributed by atoms with Crippen molar-refractivity contribution in [1.29, 1.82) is 0 Å². The van der Waals surface area contributed by atoms with Crippen LogP contribution in [0.15, 0.2) is 28.1 Å². The monoisotopic (exact) mass is 338 g/mol. The number of benzene rings is 1. The summed E-state index contributed by atoms with van der Waals surface area (Å²) in [5, 5.41) is 6.87. The zero-order valence-corrected chi connectivity index (χ0v) is 13.9. The third-order valence-corrected chi connectivity index (χ3v) is 5.17. The molecule has 0 amide bonds. The van der Waals surface area contributed by atoms with Gasteiger partial charge in [-0.25, -0.2) is 4.98 Å². The average Bonchev–Trinajstić information content (AvgIpc) is 2.78. The molecule has 0 aliphatic carbocycles. The van der Waals surface area contributed by atoms with Crippen LogP contribution in [0, 0.1) is 13.8 Å². The molecule has 0 spiro atoms. The van der Waals surface area contributed by atoms with Crippen LogP contribution >= 0.6 is 27.3 Å². The summed E-state index contributed by atoms with van der Waals surface area (Å²) in [5.41, 5.74) is 3.70. The van der Waals surface area contributed by atoms with Gasteiger partial charge in [0.05, 0.1) is 5.01 Å². The van der Waals surface area contributed by atoms with Crippen LogP contribution in [-0.2, 0) is 6.42 Å². The lowest BCUT2D eigenvalue weighted by Crippen LogP contribution is -2.23. The van der Waals surface area contributed by atoms with Gasteiger partial charge in [-0.3, -0.25) is 0 Å². The Morgan fingerprint density at radius 2 is 2.16 bits per heavy atom. The molecule has 0 aliphatic rings. The summed E-state index contributed by atoms with van der Waals surface area (Å²) in [6, 6.07) is 6.74. The standard InChI is InChI=1S/C15H19BrN2S/c1-4-17-13(8-14-18-11(3)9-19-14)12-7-5-6-10(2)15(12)16/h5-7,9,13,17H,4,8H2,1-3H3. The Balaban J connectivity index is 2.26. The first-order chi connectivity index (χ1) is 9.11. The lowest BCUT2D eigenvalue weighted by molar-refractivity contribution is 0.546. The van der Waals surface area contributed by atoms with Crippen LogP contribution in [0.2, 0.25) is 0 Å². The zero-order valence-electron chi connectivity index (χ0n) is 11.5. The van der Waals surface area contributed by atoms with Gasteiger partial charge in [-0.05, 0) is 31.5 Å². The van der Waals surface area contributed by atoms with Gasteiger partial charge in [0, 0.05) is 28.0 Å². The molecule has 19 heavy (non-hydrogen) atoms. The fourth-order valence-corrected chi connectivity index (χ4v) is 3.51. The van der Waals surface area contributed by atoms with Gasteiger partial charge in [0.2, 0.25) is 0 Å². The smallest absolute Gasteiger partial charge is 0.0947 e. The Morgan fingerprint density at radius 3 is 2.79 bits per heavy atom. The summed E-state index contributed by atoms with van der Waals surface area (Å²) in [5.74, 6) is 0. The Bertz CT molecular complexity index is 551. The first-order valence-electron chi connectivity index (χ1n) is 6.51. The molecular weight excluding hydrogens is 320 g/mol. The van der Waals surface area contributed by atoms with E-state index < -0.39 is 0 Å². The van der Waals surface area contributed by atoms with Crippen molar-refractivity contribution in [2.24, 2.45) is 0 Å². The molecule has 1 heterocycles. The topological polar surface area (TPSA) is 24.9 Å². The van der Waals surface area contributed by atoms with Gasteiger partial charge in [0.25, 0.3) is 0 Å². The van der Waals surface area contributed by atoms with Crippen molar-refractivity contribution in [1.82, 2.24) is 10.3 Å². The van der Waals surface area contributed by atoms with Gasteiger partial charge in [-0.2, -0.15) is 0 Å². The summed E-state index contributed by atoms with van der Waals surface area (Å²) < 4.78 is 1.20. The van der Waals surface area contributed by atoms with Gasteiger partial charge in [-0.15, -0.1) is 11.3 Å². The van der Waals surface area contributed by atoms with E-state index in [1.54, 1.807) is 11.3 Å². The van der Waals surface area contributed by atoms with E-state index in [0.717, 1.165) is 18.7 Å². The van der Waals surface area contributed by atoms with Crippen LogP contribution in [0.3, 0.4) is 0 Å². The number of nitrogens with zero attached hydrogens (tertiary/aromatic N) is 1. The molecule has 1 unspecified atom stereocenters. The van der Waals surface area contributed by atoms with E-state index in [9.17, 15) is 0 Å². The minimum Gasteiger partial charge on any atom is -0.310 e. The number of hydrogen-bond acceptors (Lipinski definition) is 3. The lowest BCUT2D eigenvalue weighted by Gasteiger charge is -2.19. The van der Waals surface area contributed by atoms with Crippen molar-refractivity contribution in [2.75, 3.05) is 6.54 Å². The number of nitrogens with one attached hydrogen (secondary N) is 1. The van der Waals surface area contributed by atoms with Crippen LogP contribution < -0.4 is 5.32 Å². The normalized spacial score (nSPS) is 12.6. The molecule has 2 rings (SSSR count). The van der Waals surface area contributed by atoms with Gasteiger partial charge in [0.15, 0.2) is 0 Å². The average molecular weight is 339 g/mol. The molecule has 1 aromatic carbocycles. The Kier molecular flexibility index (Phi) is 5.13.